The quantitative estimate of drug-likeness (QED) is 0.372. The Bertz CT molecular complexity index is 1360. The molecule has 0 spiro atoms. The van der Waals surface area contributed by atoms with Crippen LogP contribution in [0.25, 0.3) is 11.0 Å². The minimum atomic E-state index is -0.264. The van der Waals surface area contributed by atoms with Crippen LogP contribution in [0.1, 0.15) is 51.5 Å². The molecule has 0 radical (unpaired) electrons. The lowest BCUT2D eigenvalue weighted by Gasteiger charge is -2.20. The molecule has 1 fully saturated rings. The Morgan fingerprint density at radius 2 is 1.62 bits per heavy atom. The maximum Gasteiger partial charge on any atom is 0.223 e. The van der Waals surface area contributed by atoms with E-state index in [4.69, 9.17) is 4.98 Å². The number of para-hydroxylation sites is 2. The average molecular weight is 456 g/mol. The number of likely N-dealkylation sites (tertiary alicyclic amines) is 1. The Hall–Kier alpha value is -3.47. The Morgan fingerprint density at radius 3 is 2.32 bits per heavy atom. The molecule has 1 amide bonds. The molecule has 0 aliphatic carbocycles. The molecule has 34 heavy (non-hydrogen) atoms. The molecular weight excluding hydrogens is 425 g/mol. The molecule has 4 aromatic rings. The van der Waals surface area contributed by atoms with Gasteiger partial charge in [0.15, 0.2) is 0 Å². The standard InChI is InChI=1S/C29H30FN3O/c1-18-13-19(2)21(4)25(20(18)3)17-33-27-8-6-5-7-26(27)31-29(33)23-14-28(34)32(16-23)15-22-9-11-24(30)12-10-22/h5-13,23H,14-17H2,1-4H3. The van der Waals surface area contributed by atoms with Gasteiger partial charge in [0, 0.05) is 32.0 Å². The van der Waals surface area contributed by atoms with Gasteiger partial charge in [-0.25, -0.2) is 9.37 Å². The molecule has 5 rings (SSSR count). The predicted octanol–water partition coefficient (Wildman–Crippen LogP) is 5.97. The van der Waals surface area contributed by atoms with Crippen molar-refractivity contribution in [3.63, 3.8) is 0 Å². The number of nitrogens with zero attached hydrogens (tertiary/aromatic N) is 3. The molecule has 3 aromatic carbocycles. The highest BCUT2D eigenvalue weighted by molar-refractivity contribution is 5.81. The highest BCUT2D eigenvalue weighted by Gasteiger charge is 2.34. The van der Waals surface area contributed by atoms with Gasteiger partial charge in [0.1, 0.15) is 11.6 Å². The van der Waals surface area contributed by atoms with Crippen LogP contribution in [0.2, 0.25) is 0 Å². The van der Waals surface area contributed by atoms with Crippen LogP contribution in [-0.2, 0) is 17.9 Å². The van der Waals surface area contributed by atoms with Crippen molar-refractivity contribution in [2.75, 3.05) is 6.54 Å². The summed E-state index contributed by atoms with van der Waals surface area (Å²) in [5.74, 6) is 0.840. The van der Waals surface area contributed by atoms with E-state index in [2.05, 4.69) is 44.4 Å². The minimum Gasteiger partial charge on any atom is -0.338 e. The number of halogens is 1. The van der Waals surface area contributed by atoms with Gasteiger partial charge in [-0.2, -0.15) is 0 Å². The summed E-state index contributed by atoms with van der Waals surface area (Å²) in [7, 11) is 0. The first-order valence-electron chi connectivity index (χ1n) is 11.9. The third-order valence-corrected chi connectivity index (χ3v) is 7.39. The zero-order valence-electron chi connectivity index (χ0n) is 20.2. The lowest BCUT2D eigenvalue weighted by molar-refractivity contribution is -0.128. The van der Waals surface area contributed by atoms with E-state index in [-0.39, 0.29) is 17.6 Å². The molecule has 1 unspecified atom stereocenters. The fourth-order valence-corrected chi connectivity index (χ4v) is 5.17. The van der Waals surface area contributed by atoms with Crippen molar-refractivity contribution >= 4 is 16.9 Å². The number of rotatable bonds is 5. The van der Waals surface area contributed by atoms with Gasteiger partial charge in [0.2, 0.25) is 5.91 Å². The largest absolute Gasteiger partial charge is 0.338 e. The molecule has 1 saturated heterocycles. The summed E-state index contributed by atoms with van der Waals surface area (Å²) in [4.78, 5) is 19.8. The van der Waals surface area contributed by atoms with E-state index in [9.17, 15) is 9.18 Å². The maximum atomic E-state index is 13.3. The van der Waals surface area contributed by atoms with Crippen molar-refractivity contribution < 1.29 is 9.18 Å². The second-order valence-electron chi connectivity index (χ2n) is 9.59. The number of aryl methyl sites for hydroxylation is 2. The van der Waals surface area contributed by atoms with Crippen LogP contribution in [0.3, 0.4) is 0 Å². The van der Waals surface area contributed by atoms with E-state index in [0.717, 1.165) is 29.0 Å². The Kier molecular flexibility index (Phi) is 5.72. The Morgan fingerprint density at radius 1 is 0.941 bits per heavy atom. The third-order valence-electron chi connectivity index (χ3n) is 7.39. The van der Waals surface area contributed by atoms with Crippen molar-refractivity contribution in [1.29, 1.82) is 0 Å². The molecule has 1 aliphatic rings. The molecule has 0 saturated carbocycles. The van der Waals surface area contributed by atoms with E-state index < -0.39 is 0 Å². The molecule has 1 aliphatic heterocycles. The number of amides is 1. The summed E-state index contributed by atoms with van der Waals surface area (Å²) in [5, 5.41) is 0. The first-order chi connectivity index (χ1) is 16.3. The van der Waals surface area contributed by atoms with Gasteiger partial charge < -0.3 is 9.47 Å². The van der Waals surface area contributed by atoms with Crippen LogP contribution in [-0.4, -0.2) is 26.9 Å². The number of fused-ring (bicyclic) bond motifs is 1. The van der Waals surface area contributed by atoms with Crippen molar-refractivity contribution in [2.24, 2.45) is 0 Å². The second kappa shape index (κ2) is 8.71. The number of hydrogen-bond acceptors (Lipinski definition) is 2. The summed E-state index contributed by atoms with van der Waals surface area (Å²) in [5.41, 5.74) is 9.54. The zero-order valence-corrected chi connectivity index (χ0v) is 20.2. The number of aromatic nitrogens is 2. The third kappa shape index (κ3) is 4.00. The Balaban J connectivity index is 1.51. The van der Waals surface area contributed by atoms with Gasteiger partial charge in [0.25, 0.3) is 0 Å². The van der Waals surface area contributed by atoms with E-state index in [1.165, 1.54) is 39.9 Å². The summed E-state index contributed by atoms with van der Waals surface area (Å²) in [6.45, 7) is 10.6. The first-order valence-corrected chi connectivity index (χ1v) is 11.9. The van der Waals surface area contributed by atoms with E-state index in [1.807, 2.05) is 23.1 Å². The Labute approximate surface area is 200 Å². The number of imidazole rings is 1. The van der Waals surface area contributed by atoms with Crippen LogP contribution >= 0.6 is 0 Å². The smallest absolute Gasteiger partial charge is 0.223 e. The maximum absolute atomic E-state index is 13.3. The lowest BCUT2D eigenvalue weighted by atomic mass is 9.94. The molecular formula is C29H30FN3O. The molecule has 174 valence electrons. The van der Waals surface area contributed by atoms with Crippen molar-refractivity contribution in [2.45, 2.75) is 53.1 Å². The van der Waals surface area contributed by atoms with E-state index in [1.54, 1.807) is 12.1 Å². The van der Waals surface area contributed by atoms with Gasteiger partial charge in [-0.3, -0.25) is 4.79 Å². The van der Waals surface area contributed by atoms with Crippen molar-refractivity contribution in [3.05, 3.63) is 99.6 Å². The van der Waals surface area contributed by atoms with E-state index in [0.29, 0.717) is 19.5 Å². The molecule has 4 nitrogen and oxygen atoms in total. The number of carbonyl (C=O) groups is 1. The minimum absolute atomic E-state index is 0.0202. The molecule has 5 heteroatoms. The SMILES string of the molecule is Cc1cc(C)c(C)c(Cn2c(C3CC(=O)N(Cc4ccc(F)cc4)C3)nc3ccccc32)c1C. The zero-order chi connectivity index (χ0) is 24.0. The highest BCUT2D eigenvalue weighted by Crippen LogP contribution is 2.33. The topological polar surface area (TPSA) is 38.1 Å². The van der Waals surface area contributed by atoms with Gasteiger partial charge in [0.05, 0.1) is 11.0 Å². The summed E-state index contributed by atoms with van der Waals surface area (Å²) < 4.78 is 15.6. The predicted molar refractivity (Wildman–Crippen MR) is 133 cm³/mol. The molecule has 0 bridgehead atoms. The lowest BCUT2D eigenvalue weighted by Crippen LogP contribution is -2.24. The summed E-state index contributed by atoms with van der Waals surface area (Å²) in [6.07, 6.45) is 0.440. The number of carbonyl (C=O) groups excluding carboxylic acids is 1. The molecule has 2 heterocycles. The number of hydrogen-bond donors (Lipinski definition) is 0. The van der Waals surface area contributed by atoms with Crippen LogP contribution in [0.4, 0.5) is 4.39 Å². The molecule has 1 atom stereocenters. The summed E-state index contributed by atoms with van der Waals surface area (Å²) >= 11 is 0. The van der Waals surface area contributed by atoms with Crippen molar-refractivity contribution in [3.8, 4) is 0 Å². The van der Waals surface area contributed by atoms with Crippen LogP contribution < -0.4 is 0 Å². The highest BCUT2D eigenvalue weighted by atomic mass is 19.1. The van der Waals surface area contributed by atoms with Crippen molar-refractivity contribution in [1.82, 2.24) is 14.5 Å². The molecule has 1 aromatic heterocycles. The normalized spacial score (nSPS) is 16.1. The van der Waals surface area contributed by atoms with E-state index >= 15 is 0 Å². The average Bonchev–Trinajstić information content (AvgIpc) is 3.37. The van der Waals surface area contributed by atoms with Gasteiger partial charge in [-0.15, -0.1) is 0 Å². The summed E-state index contributed by atoms with van der Waals surface area (Å²) in [6, 6.07) is 16.9. The van der Waals surface area contributed by atoms with Crippen LogP contribution in [0.5, 0.6) is 0 Å². The monoisotopic (exact) mass is 455 g/mol. The van der Waals surface area contributed by atoms with Gasteiger partial charge in [-0.05, 0) is 85.3 Å². The number of benzene rings is 3. The molecule has 0 N–H and O–H groups in total. The van der Waals surface area contributed by atoms with Gasteiger partial charge >= 0.3 is 0 Å². The van der Waals surface area contributed by atoms with Crippen LogP contribution in [0, 0.1) is 33.5 Å². The fourth-order valence-electron chi connectivity index (χ4n) is 5.17. The van der Waals surface area contributed by atoms with Crippen LogP contribution in [0.15, 0.2) is 54.6 Å². The van der Waals surface area contributed by atoms with Gasteiger partial charge in [-0.1, -0.05) is 30.3 Å². The second-order valence-corrected chi connectivity index (χ2v) is 9.59. The fraction of sp³-hybridized carbons (Fsp3) is 0.310. The first kappa shape index (κ1) is 22.3.